The molecule has 0 saturated heterocycles. The third-order valence-electron chi connectivity index (χ3n) is 10.7. The van der Waals surface area contributed by atoms with Gasteiger partial charge >= 0.3 is 0 Å². The molecule has 0 amide bonds. The Hall–Kier alpha value is -7.63. The highest BCUT2D eigenvalue weighted by Gasteiger charge is 2.21. The van der Waals surface area contributed by atoms with Crippen LogP contribution >= 0.6 is 0 Å². The summed E-state index contributed by atoms with van der Waals surface area (Å²) in [5.74, 6) is 1.69. The van der Waals surface area contributed by atoms with Crippen LogP contribution in [-0.2, 0) is 0 Å². The Morgan fingerprint density at radius 1 is 0.491 bits per heavy atom. The number of nitrogens with zero attached hydrogens (tertiary/aromatic N) is 5. The summed E-state index contributed by atoms with van der Waals surface area (Å²) in [7, 11) is 0. The van der Waals surface area contributed by atoms with Crippen LogP contribution in [0.1, 0.15) is 18.3 Å². The minimum absolute atomic E-state index is 0.542. The molecule has 0 aliphatic heterocycles. The van der Waals surface area contributed by atoms with Crippen LogP contribution in [0.15, 0.2) is 201 Å². The highest BCUT2D eigenvalue weighted by atomic mass is 15.2. The molecular weight excluding hydrogens is 695 g/mol. The number of hydrogen-bond acceptors (Lipinski definition) is 3. The molecule has 0 bridgehead atoms. The van der Waals surface area contributed by atoms with Crippen LogP contribution in [0.2, 0.25) is 0 Å². The summed E-state index contributed by atoms with van der Waals surface area (Å²) in [4.78, 5) is 15.7. The van der Waals surface area contributed by atoms with Gasteiger partial charge in [0.05, 0.1) is 22.1 Å². The summed E-state index contributed by atoms with van der Waals surface area (Å²) >= 11 is 0. The molecule has 0 unspecified atom stereocenters. The van der Waals surface area contributed by atoms with Gasteiger partial charge in [0.25, 0.3) is 0 Å². The molecule has 3 heterocycles. The largest absolute Gasteiger partial charge is 0.309 e. The molecule has 0 aliphatic rings. The second-order valence-corrected chi connectivity index (χ2v) is 14.2. The molecule has 10 rings (SSSR count). The lowest BCUT2D eigenvalue weighted by molar-refractivity contribution is 0.932. The SMILES string of the molecule is C=C/C=C(\C=C(/C)c1ccc(-c2ccccc2)cc1)c1nc(-c2ccccc2)nc(-n2c3ccccc3c3cc4c5ccccc5n(-c5ccccc5)c4cc32)n1. The summed E-state index contributed by atoms with van der Waals surface area (Å²) in [5, 5.41) is 4.67. The first-order valence-electron chi connectivity index (χ1n) is 19.2. The van der Waals surface area contributed by atoms with E-state index in [1.807, 2.05) is 42.5 Å². The van der Waals surface area contributed by atoms with Crippen LogP contribution in [0.3, 0.4) is 0 Å². The Kier molecular flexibility index (Phi) is 8.46. The molecule has 0 fully saturated rings. The van der Waals surface area contributed by atoms with Gasteiger partial charge in [0.1, 0.15) is 0 Å². The number of para-hydroxylation sites is 3. The molecule has 7 aromatic carbocycles. The van der Waals surface area contributed by atoms with E-state index < -0.39 is 0 Å². The molecule has 0 saturated carbocycles. The van der Waals surface area contributed by atoms with E-state index in [9.17, 15) is 0 Å². The zero-order chi connectivity index (χ0) is 38.3. The number of aromatic nitrogens is 5. The maximum atomic E-state index is 5.30. The highest BCUT2D eigenvalue weighted by molar-refractivity contribution is 6.19. The van der Waals surface area contributed by atoms with Crippen molar-refractivity contribution in [3.8, 4) is 34.2 Å². The first kappa shape index (κ1) is 33.9. The Morgan fingerprint density at radius 3 is 1.68 bits per heavy atom. The molecule has 5 heteroatoms. The van der Waals surface area contributed by atoms with Gasteiger partial charge in [-0.1, -0.05) is 158 Å². The molecule has 270 valence electrons. The van der Waals surface area contributed by atoms with E-state index in [2.05, 4.69) is 168 Å². The van der Waals surface area contributed by atoms with Crippen molar-refractivity contribution < 1.29 is 0 Å². The molecule has 5 nitrogen and oxygen atoms in total. The standard InChI is InChI=1S/C52H37N5/c1-3-17-40(32-35(2)36-28-30-38(31-29-36)37-18-7-4-8-19-37)51-53-50(39-20-9-5-10-21-39)54-52(55-51)57-47-27-16-14-25-43(47)45-33-44-42-24-13-15-26-46(42)56(48(44)34-49(45)57)41-22-11-6-12-23-41/h3-34H,1H2,2H3/b35-32+,40-17+. The number of rotatable bonds is 8. The average molecular weight is 732 g/mol. The third-order valence-corrected chi connectivity index (χ3v) is 10.7. The second-order valence-electron chi connectivity index (χ2n) is 14.2. The monoisotopic (exact) mass is 731 g/mol. The van der Waals surface area contributed by atoms with Gasteiger partial charge in [0.2, 0.25) is 5.95 Å². The fourth-order valence-electron chi connectivity index (χ4n) is 8.00. The quantitative estimate of drug-likeness (QED) is 0.146. The van der Waals surface area contributed by atoms with Crippen molar-refractivity contribution in [3.05, 3.63) is 212 Å². The van der Waals surface area contributed by atoms with E-state index in [1.165, 1.54) is 21.9 Å². The molecule has 0 atom stereocenters. The maximum Gasteiger partial charge on any atom is 0.238 e. The molecule has 3 aromatic heterocycles. The van der Waals surface area contributed by atoms with Gasteiger partial charge in [0.15, 0.2) is 11.6 Å². The molecule has 0 N–H and O–H groups in total. The van der Waals surface area contributed by atoms with Gasteiger partial charge in [-0.25, -0.2) is 4.98 Å². The minimum atomic E-state index is 0.542. The van der Waals surface area contributed by atoms with Crippen LogP contribution in [0.5, 0.6) is 0 Å². The van der Waals surface area contributed by atoms with Gasteiger partial charge in [0, 0.05) is 38.4 Å². The first-order valence-corrected chi connectivity index (χ1v) is 19.2. The van der Waals surface area contributed by atoms with Crippen LogP contribution in [0.4, 0.5) is 0 Å². The predicted octanol–water partition coefficient (Wildman–Crippen LogP) is 13.1. The Balaban J connectivity index is 1.19. The predicted molar refractivity (Wildman–Crippen MR) is 238 cm³/mol. The molecule has 0 aliphatic carbocycles. The lowest BCUT2D eigenvalue weighted by atomic mass is 9.99. The second kappa shape index (κ2) is 14.2. The van der Waals surface area contributed by atoms with Crippen LogP contribution in [0, 0.1) is 0 Å². The highest BCUT2D eigenvalue weighted by Crippen LogP contribution is 2.39. The first-order chi connectivity index (χ1) is 28.1. The van der Waals surface area contributed by atoms with Gasteiger partial charge < -0.3 is 4.57 Å². The smallest absolute Gasteiger partial charge is 0.238 e. The molecule has 57 heavy (non-hydrogen) atoms. The molecule has 0 radical (unpaired) electrons. The summed E-state index contributed by atoms with van der Waals surface area (Å²) in [6.07, 6.45) is 5.91. The molecule has 0 spiro atoms. The van der Waals surface area contributed by atoms with Crippen LogP contribution in [0.25, 0.3) is 88.9 Å². The van der Waals surface area contributed by atoms with Gasteiger partial charge in [-0.2, -0.15) is 9.97 Å². The average Bonchev–Trinajstić information content (AvgIpc) is 3.78. The van der Waals surface area contributed by atoms with E-state index in [4.69, 9.17) is 15.0 Å². The van der Waals surface area contributed by atoms with E-state index in [0.717, 1.165) is 60.8 Å². The lowest BCUT2D eigenvalue weighted by Crippen LogP contribution is -2.08. The molecule has 10 aromatic rings. The Bertz CT molecular complexity index is 3170. The minimum Gasteiger partial charge on any atom is -0.309 e. The van der Waals surface area contributed by atoms with Gasteiger partial charge in [-0.3, -0.25) is 4.57 Å². The summed E-state index contributed by atoms with van der Waals surface area (Å²) < 4.78 is 4.55. The lowest BCUT2D eigenvalue weighted by Gasteiger charge is -2.12. The van der Waals surface area contributed by atoms with E-state index in [-0.39, 0.29) is 0 Å². The third kappa shape index (κ3) is 6.03. The normalized spacial score (nSPS) is 12.2. The van der Waals surface area contributed by atoms with E-state index in [0.29, 0.717) is 17.6 Å². The summed E-state index contributed by atoms with van der Waals surface area (Å²) in [6, 6.07) is 61.6. The van der Waals surface area contributed by atoms with Crippen molar-refractivity contribution in [2.75, 3.05) is 0 Å². The maximum absolute atomic E-state index is 5.30. The van der Waals surface area contributed by atoms with Crippen molar-refractivity contribution >= 4 is 54.8 Å². The Labute approximate surface area is 330 Å². The van der Waals surface area contributed by atoms with E-state index >= 15 is 0 Å². The number of allylic oxidation sites excluding steroid dienone is 5. The Morgan fingerprint density at radius 2 is 1.04 bits per heavy atom. The van der Waals surface area contributed by atoms with Crippen molar-refractivity contribution in [2.24, 2.45) is 0 Å². The topological polar surface area (TPSA) is 48.5 Å². The number of benzene rings is 7. The van der Waals surface area contributed by atoms with Crippen molar-refractivity contribution in [3.63, 3.8) is 0 Å². The summed E-state index contributed by atoms with van der Waals surface area (Å²) in [6.45, 7) is 6.21. The van der Waals surface area contributed by atoms with Gasteiger partial charge in [-0.15, -0.1) is 0 Å². The van der Waals surface area contributed by atoms with E-state index in [1.54, 1.807) is 6.08 Å². The zero-order valence-corrected chi connectivity index (χ0v) is 31.4. The zero-order valence-electron chi connectivity index (χ0n) is 31.4. The summed E-state index contributed by atoms with van der Waals surface area (Å²) in [5.41, 5.74) is 11.7. The van der Waals surface area contributed by atoms with Crippen molar-refractivity contribution in [2.45, 2.75) is 6.92 Å². The number of fused-ring (bicyclic) bond motifs is 6. The van der Waals surface area contributed by atoms with Crippen molar-refractivity contribution in [1.82, 2.24) is 24.1 Å². The van der Waals surface area contributed by atoms with Gasteiger partial charge in [-0.05, 0) is 71.7 Å². The fourth-order valence-corrected chi connectivity index (χ4v) is 8.00. The van der Waals surface area contributed by atoms with Crippen molar-refractivity contribution in [1.29, 1.82) is 0 Å². The molecular formula is C52H37N5. The number of hydrogen-bond donors (Lipinski definition) is 0. The van der Waals surface area contributed by atoms with Crippen LogP contribution < -0.4 is 0 Å². The van der Waals surface area contributed by atoms with Crippen LogP contribution in [-0.4, -0.2) is 24.1 Å². The fraction of sp³-hybridized carbons (Fsp3) is 0.0192.